The van der Waals surface area contributed by atoms with E-state index in [9.17, 15) is 18.4 Å². The van der Waals surface area contributed by atoms with Gasteiger partial charge in [-0.2, -0.15) is 0 Å². The lowest BCUT2D eigenvalue weighted by molar-refractivity contribution is 0.0535. The van der Waals surface area contributed by atoms with E-state index in [-0.39, 0.29) is 17.4 Å². The molecule has 0 aliphatic carbocycles. The van der Waals surface area contributed by atoms with Crippen LogP contribution in [0.5, 0.6) is 0 Å². The minimum absolute atomic E-state index is 0.0885. The number of hydrogen-bond acceptors (Lipinski definition) is 2. The normalized spacial score (nSPS) is 13.9. The van der Waals surface area contributed by atoms with E-state index < -0.39 is 11.6 Å². The summed E-state index contributed by atoms with van der Waals surface area (Å²) in [5.41, 5.74) is 2.55. The monoisotopic (exact) mass is 406 g/mol. The van der Waals surface area contributed by atoms with Gasteiger partial charge in [-0.05, 0) is 35.4 Å². The third-order valence-corrected chi connectivity index (χ3v) is 5.26. The standard InChI is InChI=1S/C24H20F2N2O2/c25-21-11-10-18(16-22(21)26)23(29)27-12-14-28(15-13-27)24(30)20-9-5-4-8-19(20)17-6-2-1-3-7-17/h1-11,16H,12-15H2. The van der Waals surface area contributed by atoms with E-state index >= 15 is 0 Å². The van der Waals surface area contributed by atoms with E-state index in [1.165, 1.54) is 6.07 Å². The lowest BCUT2D eigenvalue weighted by Gasteiger charge is -2.35. The van der Waals surface area contributed by atoms with Gasteiger partial charge in [0.05, 0.1) is 0 Å². The topological polar surface area (TPSA) is 40.6 Å². The smallest absolute Gasteiger partial charge is 0.254 e. The molecule has 0 atom stereocenters. The van der Waals surface area contributed by atoms with Gasteiger partial charge in [0.1, 0.15) is 0 Å². The van der Waals surface area contributed by atoms with Crippen LogP contribution in [0.3, 0.4) is 0 Å². The Morgan fingerprint density at radius 1 is 0.667 bits per heavy atom. The van der Waals surface area contributed by atoms with E-state index in [2.05, 4.69) is 0 Å². The number of halogens is 2. The lowest BCUT2D eigenvalue weighted by Crippen LogP contribution is -2.50. The van der Waals surface area contributed by atoms with Crippen molar-refractivity contribution in [2.24, 2.45) is 0 Å². The van der Waals surface area contributed by atoms with Crippen LogP contribution in [0.1, 0.15) is 20.7 Å². The highest BCUT2D eigenvalue weighted by atomic mass is 19.2. The summed E-state index contributed by atoms with van der Waals surface area (Å²) >= 11 is 0. The van der Waals surface area contributed by atoms with Crippen LogP contribution in [0.15, 0.2) is 72.8 Å². The van der Waals surface area contributed by atoms with Crippen LogP contribution >= 0.6 is 0 Å². The Kier molecular flexibility index (Phi) is 5.57. The molecule has 3 aromatic carbocycles. The molecular formula is C24H20F2N2O2. The summed E-state index contributed by atoms with van der Waals surface area (Å²) in [6.07, 6.45) is 0. The summed E-state index contributed by atoms with van der Waals surface area (Å²) in [5, 5.41) is 0. The second-order valence-electron chi connectivity index (χ2n) is 7.12. The Bertz CT molecular complexity index is 1080. The van der Waals surface area contributed by atoms with Gasteiger partial charge in [-0.25, -0.2) is 8.78 Å². The molecule has 152 valence electrons. The minimum atomic E-state index is -1.05. The first kappa shape index (κ1) is 19.8. The van der Waals surface area contributed by atoms with Gasteiger partial charge in [0.2, 0.25) is 0 Å². The molecule has 30 heavy (non-hydrogen) atoms. The SMILES string of the molecule is O=C(c1ccc(F)c(F)c1)N1CCN(C(=O)c2ccccc2-c2ccccc2)CC1. The maximum absolute atomic E-state index is 13.4. The highest BCUT2D eigenvalue weighted by Crippen LogP contribution is 2.25. The van der Waals surface area contributed by atoms with Crippen LogP contribution in [-0.2, 0) is 0 Å². The van der Waals surface area contributed by atoms with Crippen LogP contribution in [-0.4, -0.2) is 47.8 Å². The lowest BCUT2D eigenvalue weighted by atomic mass is 9.98. The molecule has 0 saturated carbocycles. The van der Waals surface area contributed by atoms with Crippen molar-refractivity contribution < 1.29 is 18.4 Å². The first-order valence-electron chi connectivity index (χ1n) is 9.72. The van der Waals surface area contributed by atoms with E-state index in [0.717, 1.165) is 23.3 Å². The summed E-state index contributed by atoms with van der Waals surface area (Å²) in [7, 11) is 0. The Morgan fingerprint density at radius 3 is 1.93 bits per heavy atom. The zero-order valence-corrected chi connectivity index (χ0v) is 16.2. The molecule has 1 aliphatic rings. The maximum atomic E-state index is 13.4. The predicted octanol–water partition coefficient (Wildman–Crippen LogP) is 4.23. The average Bonchev–Trinajstić information content (AvgIpc) is 2.80. The summed E-state index contributed by atoms with van der Waals surface area (Å²) in [5.74, 6) is -2.49. The minimum Gasteiger partial charge on any atom is -0.335 e. The van der Waals surface area contributed by atoms with Crippen LogP contribution in [0.4, 0.5) is 8.78 Å². The largest absolute Gasteiger partial charge is 0.335 e. The molecule has 1 heterocycles. The molecule has 4 nitrogen and oxygen atoms in total. The van der Waals surface area contributed by atoms with Gasteiger partial charge in [0.15, 0.2) is 11.6 Å². The molecule has 1 saturated heterocycles. The van der Waals surface area contributed by atoms with Crippen molar-refractivity contribution >= 4 is 11.8 Å². The Hall–Kier alpha value is -3.54. The summed E-state index contributed by atoms with van der Waals surface area (Å²) in [6, 6.07) is 20.3. The Labute approximate surface area is 173 Å². The molecule has 1 fully saturated rings. The van der Waals surface area contributed by atoms with Gasteiger partial charge in [-0.15, -0.1) is 0 Å². The van der Waals surface area contributed by atoms with Crippen molar-refractivity contribution in [2.75, 3.05) is 26.2 Å². The van der Waals surface area contributed by atoms with E-state index in [4.69, 9.17) is 0 Å². The van der Waals surface area contributed by atoms with Crippen LogP contribution in [0.2, 0.25) is 0 Å². The molecule has 0 radical (unpaired) electrons. The quantitative estimate of drug-likeness (QED) is 0.653. The number of hydrogen-bond donors (Lipinski definition) is 0. The van der Waals surface area contributed by atoms with E-state index in [0.29, 0.717) is 31.7 Å². The summed E-state index contributed by atoms with van der Waals surface area (Å²) in [4.78, 5) is 29.0. The van der Waals surface area contributed by atoms with Crippen molar-refractivity contribution in [2.45, 2.75) is 0 Å². The molecular weight excluding hydrogens is 386 g/mol. The van der Waals surface area contributed by atoms with Gasteiger partial charge >= 0.3 is 0 Å². The van der Waals surface area contributed by atoms with Gasteiger partial charge in [-0.1, -0.05) is 48.5 Å². The Balaban J connectivity index is 1.47. The molecule has 0 unspecified atom stereocenters. The van der Waals surface area contributed by atoms with Crippen molar-refractivity contribution in [3.05, 3.63) is 95.6 Å². The molecule has 1 aliphatic heterocycles. The third kappa shape index (κ3) is 3.94. The highest BCUT2D eigenvalue weighted by molar-refractivity contribution is 6.01. The fraction of sp³-hybridized carbons (Fsp3) is 0.167. The fourth-order valence-corrected chi connectivity index (χ4v) is 3.63. The van der Waals surface area contributed by atoms with E-state index in [1.54, 1.807) is 9.80 Å². The molecule has 0 aromatic heterocycles. The Morgan fingerprint density at radius 2 is 1.27 bits per heavy atom. The number of carbonyl (C=O) groups is 2. The average molecular weight is 406 g/mol. The number of carbonyl (C=O) groups excluding carboxylic acids is 2. The van der Waals surface area contributed by atoms with Crippen molar-refractivity contribution in [3.63, 3.8) is 0 Å². The zero-order valence-electron chi connectivity index (χ0n) is 16.2. The molecule has 4 rings (SSSR count). The number of benzene rings is 3. The second-order valence-corrected chi connectivity index (χ2v) is 7.12. The van der Waals surface area contributed by atoms with E-state index in [1.807, 2.05) is 54.6 Å². The molecule has 0 bridgehead atoms. The molecule has 3 aromatic rings. The zero-order chi connectivity index (χ0) is 21.1. The maximum Gasteiger partial charge on any atom is 0.254 e. The van der Waals surface area contributed by atoms with Crippen molar-refractivity contribution in [3.8, 4) is 11.1 Å². The number of nitrogens with zero attached hydrogens (tertiary/aromatic N) is 2. The number of amides is 2. The van der Waals surface area contributed by atoms with Gasteiger partial charge in [-0.3, -0.25) is 9.59 Å². The summed E-state index contributed by atoms with van der Waals surface area (Å²) in [6.45, 7) is 1.41. The number of rotatable bonds is 3. The van der Waals surface area contributed by atoms with Gasteiger partial charge < -0.3 is 9.80 Å². The van der Waals surface area contributed by atoms with Crippen molar-refractivity contribution in [1.29, 1.82) is 0 Å². The summed E-state index contributed by atoms with van der Waals surface area (Å²) < 4.78 is 26.6. The van der Waals surface area contributed by atoms with Gasteiger partial charge in [0, 0.05) is 37.3 Å². The van der Waals surface area contributed by atoms with Crippen LogP contribution < -0.4 is 0 Å². The third-order valence-electron chi connectivity index (χ3n) is 5.26. The van der Waals surface area contributed by atoms with Crippen LogP contribution in [0, 0.1) is 11.6 Å². The highest BCUT2D eigenvalue weighted by Gasteiger charge is 2.27. The first-order valence-corrected chi connectivity index (χ1v) is 9.72. The predicted molar refractivity (Wildman–Crippen MR) is 110 cm³/mol. The van der Waals surface area contributed by atoms with Gasteiger partial charge in [0.25, 0.3) is 11.8 Å². The van der Waals surface area contributed by atoms with Crippen LogP contribution in [0.25, 0.3) is 11.1 Å². The first-order chi connectivity index (χ1) is 14.5. The molecule has 6 heteroatoms. The fourth-order valence-electron chi connectivity index (χ4n) is 3.63. The number of piperazine rings is 1. The molecule has 0 spiro atoms. The molecule has 0 N–H and O–H groups in total. The second kappa shape index (κ2) is 8.45. The van der Waals surface area contributed by atoms with Crippen molar-refractivity contribution in [1.82, 2.24) is 9.80 Å². The molecule has 2 amide bonds.